The van der Waals surface area contributed by atoms with Crippen molar-refractivity contribution in [2.45, 2.75) is 44.3 Å². The molecule has 1 spiro atoms. The van der Waals surface area contributed by atoms with Crippen molar-refractivity contribution >= 4 is 21.6 Å². The third kappa shape index (κ3) is 2.76. The number of likely N-dealkylation sites (N-methyl/N-ethyl adjacent to an activating group) is 1. The normalized spacial score (nSPS) is 22.0. The number of aromatic nitrogens is 1. The van der Waals surface area contributed by atoms with Gasteiger partial charge in [0.25, 0.3) is 0 Å². The summed E-state index contributed by atoms with van der Waals surface area (Å²) in [5.41, 5.74) is 1.51. The van der Waals surface area contributed by atoms with Gasteiger partial charge in [-0.2, -0.15) is 4.31 Å². The summed E-state index contributed by atoms with van der Waals surface area (Å²) in [6.07, 6.45) is 4.73. The van der Waals surface area contributed by atoms with Crippen molar-refractivity contribution in [2.24, 2.45) is 0 Å². The van der Waals surface area contributed by atoms with Gasteiger partial charge in [0.15, 0.2) is 0 Å². The largest absolute Gasteiger partial charge is 0.310 e. The predicted octanol–water partition coefficient (Wildman–Crippen LogP) is 1.70. The fourth-order valence-electron chi connectivity index (χ4n) is 3.39. The summed E-state index contributed by atoms with van der Waals surface area (Å²) < 4.78 is 26.2. The molecule has 0 radical (unpaired) electrons. The molecule has 3 rings (SSSR count). The average Bonchev–Trinajstić information content (AvgIpc) is 3.29. The highest BCUT2D eigenvalue weighted by atomic mass is 32.2. The van der Waals surface area contributed by atoms with Crippen LogP contribution in [-0.2, 0) is 14.8 Å². The number of hydrogen-bond donors (Lipinski definition) is 0. The molecule has 1 amide bonds. The van der Waals surface area contributed by atoms with Gasteiger partial charge in [-0.25, -0.2) is 8.42 Å². The van der Waals surface area contributed by atoms with Crippen LogP contribution in [0.4, 0.5) is 5.69 Å². The lowest BCUT2D eigenvalue weighted by Crippen LogP contribution is -2.50. The molecule has 2 heterocycles. The predicted molar refractivity (Wildman–Crippen MR) is 88.7 cm³/mol. The van der Waals surface area contributed by atoms with E-state index < -0.39 is 14.8 Å². The maximum absolute atomic E-state index is 12.7. The number of nitrogens with zero attached hydrogens (tertiary/aromatic N) is 3. The van der Waals surface area contributed by atoms with Crippen LogP contribution in [0.2, 0.25) is 0 Å². The molecule has 1 aromatic rings. The Labute approximate surface area is 137 Å². The first-order valence-corrected chi connectivity index (χ1v) is 9.57. The van der Waals surface area contributed by atoms with Gasteiger partial charge in [-0.05, 0) is 51.7 Å². The summed E-state index contributed by atoms with van der Waals surface area (Å²) in [4.78, 5) is 18.5. The van der Waals surface area contributed by atoms with Crippen molar-refractivity contribution < 1.29 is 13.2 Å². The summed E-state index contributed by atoms with van der Waals surface area (Å²) in [6.45, 7) is 4.59. The van der Waals surface area contributed by atoms with Gasteiger partial charge in [-0.3, -0.25) is 9.78 Å². The number of carbonyl (C=O) groups excluding carboxylic acids is 1. The summed E-state index contributed by atoms with van der Waals surface area (Å²) >= 11 is 0. The molecule has 2 aliphatic rings. The second-order valence-electron chi connectivity index (χ2n) is 6.37. The molecule has 1 aliphatic heterocycles. The fourth-order valence-corrected chi connectivity index (χ4v) is 5.61. The number of anilines is 1. The summed E-state index contributed by atoms with van der Waals surface area (Å²) in [7, 11) is -3.35. The number of rotatable bonds is 4. The smallest absolute Gasteiger partial charge is 0.242 e. The highest BCUT2D eigenvalue weighted by molar-refractivity contribution is 7.90. The molecule has 6 nitrogen and oxygen atoms in total. The lowest BCUT2D eigenvalue weighted by Gasteiger charge is -2.33. The van der Waals surface area contributed by atoms with Crippen molar-refractivity contribution in [1.29, 1.82) is 0 Å². The molecule has 0 bridgehead atoms. The molecule has 23 heavy (non-hydrogen) atoms. The molecular formula is C16H23N3O3S. The van der Waals surface area contributed by atoms with Crippen LogP contribution in [0.25, 0.3) is 0 Å². The molecule has 0 N–H and O–H groups in total. The van der Waals surface area contributed by atoms with E-state index in [9.17, 15) is 13.2 Å². The molecule has 126 valence electrons. The number of amides is 1. The molecule has 7 heteroatoms. The molecule has 0 atom stereocenters. The zero-order chi connectivity index (χ0) is 16.7. The average molecular weight is 337 g/mol. The van der Waals surface area contributed by atoms with E-state index in [1.165, 1.54) is 4.31 Å². The highest BCUT2D eigenvalue weighted by Crippen LogP contribution is 2.51. The summed E-state index contributed by atoms with van der Waals surface area (Å²) in [6, 6.07) is 3.63. The van der Waals surface area contributed by atoms with Gasteiger partial charge in [0.1, 0.15) is 0 Å². The SMILES string of the molecule is CCN(C(=O)CN1CCCC2(CC2)S1(=O)=O)c1cccnc1C. The summed E-state index contributed by atoms with van der Waals surface area (Å²) in [5.74, 6) is -0.190. The number of carbonyl (C=O) groups is 1. The first kappa shape index (κ1) is 16.4. The Hall–Kier alpha value is -1.47. The van der Waals surface area contributed by atoms with E-state index in [0.29, 0.717) is 13.1 Å². The zero-order valence-electron chi connectivity index (χ0n) is 13.7. The van der Waals surface area contributed by atoms with Gasteiger partial charge < -0.3 is 4.90 Å². The van der Waals surface area contributed by atoms with Crippen LogP contribution >= 0.6 is 0 Å². The Morgan fingerprint density at radius 3 is 2.74 bits per heavy atom. The Balaban J connectivity index is 1.79. The van der Waals surface area contributed by atoms with E-state index in [1.807, 2.05) is 19.9 Å². The maximum atomic E-state index is 12.7. The number of sulfonamides is 1. The molecule has 1 aromatic heterocycles. The van der Waals surface area contributed by atoms with Crippen LogP contribution in [-0.4, -0.2) is 48.0 Å². The van der Waals surface area contributed by atoms with Gasteiger partial charge in [0.05, 0.1) is 22.7 Å². The van der Waals surface area contributed by atoms with Crippen molar-refractivity contribution in [3.8, 4) is 0 Å². The van der Waals surface area contributed by atoms with E-state index in [1.54, 1.807) is 17.2 Å². The van der Waals surface area contributed by atoms with Gasteiger partial charge >= 0.3 is 0 Å². The second kappa shape index (κ2) is 5.87. The van der Waals surface area contributed by atoms with Crippen LogP contribution in [0.15, 0.2) is 18.3 Å². The van der Waals surface area contributed by atoms with Crippen LogP contribution in [0.3, 0.4) is 0 Å². The van der Waals surface area contributed by atoms with Crippen molar-refractivity contribution in [3.05, 3.63) is 24.0 Å². The van der Waals surface area contributed by atoms with Crippen molar-refractivity contribution in [2.75, 3.05) is 24.5 Å². The molecule has 0 aromatic carbocycles. The zero-order valence-corrected chi connectivity index (χ0v) is 14.5. The Morgan fingerprint density at radius 2 is 2.13 bits per heavy atom. The topological polar surface area (TPSA) is 70.6 Å². The van der Waals surface area contributed by atoms with E-state index in [0.717, 1.165) is 37.1 Å². The van der Waals surface area contributed by atoms with Crippen LogP contribution in [0.5, 0.6) is 0 Å². The Bertz CT molecular complexity index is 713. The fraction of sp³-hybridized carbons (Fsp3) is 0.625. The van der Waals surface area contributed by atoms with Gasteiger partial charge in [0.2, 0.25) is 15.9 Å². The highest BCUT2D eigenvalue weighted by Gasteiger charge is 2.58. The van der Waals surface area contributed by atoms with E-state index in [2.05, 4.69) is 4.98 Å². The first-order chi connectivity index (χ1) is 10.9. The molecule has 1 saturated heterocycles. The van der Waals surface area contributed by atoms with Crippen LogP contribution in [0.1, 0.15) is 38.3 Å². The van der Waals surface area contributed by atoms with Crippen LogP contribution in [0, 0.1) is 6.92 Å². The van der Waals surface area contributed by atoms with Gasteiger partial charge in [0, 0.05) is 19.3 Å². The van der Waals surface area contributed by atoms with Crippen molar-refractivity contribution in [3.63, 3.8) is 0 Å². The molecule has 0 unspecified atom stereocenters. The third-order valence-electron chi connectivity index (χ3n) is 4.93. The molecule has 2 fully saturated rings. The number of hydrogen-bond acceptors (Lipinski definition) is 4. The first-order valence-electron chi connectivity index (χ1n) is 8.13. The van der Waals surface area contributed by atoms with Gasteiger partial charge in [-0.1, -0.05) is 0 Å². The van der Waals surface area contributed by atoms with Gasteiger partial charge in [-0.15, -0.1) is 0 Å². The second-order valence-corrected chi connectivity index (χ2v) is 8.70. The molecular weight excluding hydrogens is 314 g/mol. The minimum atomic E-state index is -3.35. The summed E-state index contributed by atoms with van der Waals surface area (Å²) in [5, 5.41) is 0. The Kier molecular flexibility index (Phi) is 4.18. The minimum Gasteiger partial charge on any atom is -0.310 e. The molecule has 1 saturated carbocycles. The van der Waals surface area contributed by atoms with E-state index >= 15 is 0 Å². The minimum absolute atomic E-state index is 0.0771. The third-order valence-corrected chi connectivity index (χ3v) is 7.63. The standard InChI is InChI=1S/C16H23N3O3S/c1-3-19(14-6-4-10-17-13(14)2)15(20)12-18-11-5-7-16(8-9-16)23(18,21)22/h4,6,10H,3,5,7-9,11-12H2,1-2H3. The lowest BCUT2D eigenvalue weighted by atomic mass is 10.2. The van der Waals surface area contributed by atoms with E-state index in [4.69, 9.17) is 0 Å². The van der Waals surface area contributed by atoms with Crippen molar-refractivity contribution in [1.82, 2.24) is 9.29 Å². The van der Waals surface area contributed by atoms with Crippen LogP contribution < -0.4 is 4.90 Å². The lowest BCUT2D eigenvalue weighted by molar-refractivity contribution is -0.118. The maximum Gasteiger partial charge on any atom is 0.242 e. The number of aryl methyl sites for hydroxylation is 1. The quantitative estimate of drug-likeness (QED) is 0.838. The monoisotopic (exact) mass is 337 g/mol. The molecule has 1 aliphatic carbocycles. The van der Waals surface area contributed by atoms with E-state index in [-0.39, 0.29) is 12.5 Å². The Morgan fingerprint density at radius 1 is 1.39 bits per heavy atom. The number of pyridine rings is 1.